The van der Waals surface area contributed by atoms with Crippen molar-refractivity contribution in [3.63, 3.8) is 0 Å². The molecule has 0 amide bonds. The lowest BCUT2D eigenvalue weighted by Gasteiger charge is -2.06. The third-order valence-electron chi connectivity index (χ3n) is 2.42. The average Bonchev–Trinajstić information content (AvgIpc) is 2.32. The molecule has 0 radical (unpaired) electrons. The zero-order valence-electron chi connectivity index (χ0n) is 8.87. The van der Waals surface area contributed by atoms with E-state index in [0.717, 1.165) is 15.6 Å². The van der Waals surface area contributed by atoms with Gasteiger partial charge in [-0.2, -0.15) is 5.26 Å². The fourth-order valence-corrected chi connectivity index (χ4v) is 2.09. The molecule has 78 valence electrons. The molecule has 0 heterocycles. The highest BCUT2D eigenvalue weighted by Crippen LogP contribution is 2.29. The SMILES string of the molecule is Cc1ccc(Br)c(-c2cccc(C#N)c2)c1. The number of hydrogen-bond donors (Lipinski definition) is 0. The molecule has 2 heteroatoms. The van der Waals surface area contributed by atoms with Gasteiger partial charge in [0.15, 0.2) is 0 Å². The van der Waals surface area contributed by atoms with Gasteiger partial charge in [0.05, 0.1) is 11.6 Å². The summed E-state index contributed by atoms with van der Waals surface area (Å²) in [7, 11) is 0. The minimum atomic E-state index is 0.686. The highest BCUT2D eigenvalue weighted by atomic mass is 79.9. The van der Waals surface area contributed by atoms with Gasteiger partial charge in [0, 0.05) is 4.47 Å². The summed E-state index contributed by atoms with van der Waals surface area (Å²) in [6.07, 6.45) is 0. The summed E-state index contributed by atoms with van der Waals surface area (Å²) in [6.45, 7) is 2.06. The van der Waals surface area contributed by atoms with Gasteiger partial charge in [-0.1, -0.05) is 45.8 Å². The van der Waals surface area contributed by atoms with Crippen molar-refractivity contribution < 1.29 is 0 Å². The maximum atomic E-state index is 8.87. The number of halogens is 1. The van der Waals surface area contributed by atoms with E-state index in [9.17, 15) is 0 Å². The Labute approximate surface area is 103 Å². The molecule has 0 aliphatic rings. The average molecular weight is 272 g/mol. The Morgan fingerprint density at radius 3 is 2.69 bits per heavy atom. The first-order valence-corrected chi connectivity index (χ1v) is 5.76. The summed E-state index contributed by atoms with van der Waals surface area (Å²) >= 11 is 3.53. The summed E-state index contributed by atoms with van der Waals surface area (Å²) in [5.74, 6) is 0. The predicted octanol–water partition coefficient (Wildman–Crippen LogP) is 4.30. The van der Waals surface area contributed by atoms with Crippen LogP contribution in [0.3, 0.4) is 0 Å². The monoisotopic (exact) mass is 271 g/mol. The Morgan fingerprint density at radius 1 is 1.12 bits per heavy atom. The molecule has 16 heavy (non-hydrogen) atoms. The Balaban J connectivity index is 2.58. The van der Waals surface area contributed by atoms with Crippen molar-refractivity contribution in [1.29, 1.82) is 5.26 Å². The normalized spacial score (nSPS) is 9.81. The van der Waals surface area contributed by atoms with Crippen LogP contribution in [0.2, 0.25) is 0 Å². The smallest absolute Gasteiger partial charge is 0.0991 e. The van der Waals surface area contributed by atoms with E-state index in [1.54, 1.807) is 0 Å². The molecule has 0 atom stereocenters. The molecule has 0 spiro atoms. The number of rotatable bonds is 1. The van der Waals surface area contributed by atoms with Crippen molar-refractivity contribution >= 4 is 15.9 Å². The first-order valence-electron chi connectivity index (χ1n) is 4.97. The van der Waals surface area contributed by atoms with Gasteiger partial charge < -0.3 is 0 Å². The lowest BCUT2D eigenvalue weighted by molar-refractivity contribution is 1.44. The third kappa shape index (κ3) is 2.15. The van der Waals surface area contributed by atoms with E-state index >= 15 is 0 Å². The highest BCUT2D eigenvalue weighted by molar-refractivity contribution is 9.10. The van der Waals surface area contributed by atoms with E-state index in [0.29, 0.717) is 5.56 Å². The third-order valence-corrected chi connectivity index (χ3v) is 3.12. The summed E-state index contributed by atoms with van der Waals surface area (Å²) in [5, 5.41) is 8.87. The maximum absolute atomic E-state index is 8.87. The summed E-state index contributed by atoms with van der Waals surface area (Å²) in [5.41, 5.74) is 4.08. The molecule has 2 rings (SSSR count). The summed E-state index contributed by atoms with van der Waals surface area (Å²) < 4.78 is 1.05. The molecule has 0 saturated carbocycles. The Kier molecular flexibility index (Phi) is 3.07. The second kappa shape index (κ2) is 4.51. The predicted molar refractivity (Wildman–Crippen MR) is 69.0 cm³/mol. The zero-order chi connectivity index (χ0) is 11.5. The van der Waals surface area contributed by atoms with Crippen LogP contribution in [0, 0.1) is 18.3 Å². The van der Waals surface area contributed by atoms with Crippen LogP contribution in [-0.4, -0.2) is 0 Å². The van der Waals surface area contributed by atoms with Gasteiger partial charge in [0.1, 0.15) is 0 Å². The number of benzene rings is 2. The van der Waals surface area contributed by atoms with Crippen LogP contribution in [0.15, 0.2) is 46.9 Å². The maximum Gasteiger partial charge on any atom is 0.0991 e. The fourth-order valence-electron chi connectivity index (χ4n) is 1.62. The van der Waals surface area contributed by atoms with Crippen LogP contribution in [0.25, 0.3) is 11.1 Å². The first kappa shape index (κ1) is 10.9. The molecule has 0 bridgehead atoms. The van der Waals surface area contributed by atoms with E-state index in [2.05, 4.69) is 41.1 Å². The van der Waals surface area contributed by atoms with Crippen molar-refractivity contribution in [3.8, 4) is 17.2 Å². The molecule has 0 unspecified atom stereocenters. The number of aryl methyl sites for hydroxylation is 1. The van der Waals surface area contributed by atoms with Gasteiger partial charge in [-0.25, -0.2) is 0 Å². The standard InChI is InChI=1S/C14H10BrN/c1-10-5-6-14(15)13(7-10)12-4-2-3-11(8-12)9-16/h2-8H,1H3. The fraction of sp³-hybridized carbons (Fsp3) is 0.0714. The van der Waals surface area contributed by atoms with Gasteiger partial charge in [-0.3, -0.25) is 0 Å². The van der Waals surface area contributed by atoms with Gasteiger partial charge in [0.25, 0.3) is 0 Å². The van der Waals surface area contributed by atoms with Gasteiger partial charge in [-0.15, -0.1) is 0 Å². The molecule has 0 saturated heterocycles. The molecule has 0 fully saturated rings. The molecule has 0 aliphatic carbocycles. The lowest BCUT2D eigenvalue weighted by atomic mass is 10.0. The molecule has 0 N–H and O–H groups in total. The summed E-state index contributed by atoms with van der Waals surface area (Å²) in [4.78, 5) is 0. The van der Waals surface area contributed by atoms with Crippen LogP contribution in [-0.2, 0) is 0 Å². The van der Waals surface area contributed by atoms with Gasteiger partial charge in [-0.05, 0) is 36.2 Å². The van der Waals surface area contributed by atoms with E-state index < -0.39 is 0 Å². The molecule has 2 aromatic rings. The van der Waals surface area contributed by atoms with Crippen LogP contribution >= 0.6 is 15.9 Å². The highest BCUT2D eigenvalue weighted by Gasteiger charge is 2.03. The first-order chi connectivity index (χ1) is 7.70. The van der Waals surface area contributed by atoms with Crippen LogP contribution in [0.4, 0.5) is 0 Å². The number of nitrogens with zero attached hydrogens (tertiary/aromatic N) is 1. The second-order valence-corrected chi connectivity index (χ2v) is 4.53. The Morgan fingerprint density at radius 2 is 1.94 bits per heavy atom. The van der Waals surface area contributed by atoms with E-state index in [1.165, 1.54) is 5.56 Å². The molecule has 1 nitrogen and oxygen atoms in total. The Bertz CT molecular complexity index is 567. The lowest BCUT2D eigenvalue weighted by Crippen LogP contribution is -1.83. The minimum absolute atomic E-state index is 0.686. The molecule has 2 aromatic carbocycles. The number of hydrogen-bond acceptors (Lipinski definition) is 1. The van der Waals surface area contributed by atoms with E-state index in [1.807, 2.05) is 30.3 Å². The minimum Gasteiger partial charge on any atom is -0.192 e. The van der Waals surface area contributed by atoms with Crippen LogP contribution in [0.5, 0.6) is 0 Å². The van der Waals surface area contributed by atoms with Crippen molar-refractivity contribution in [1.82, 2.24) is 0 Å². The number of nitriles is 1. The Hall–Kier alpha value is -1.59. The topological polar surface area (TPSA) is 23.8 Å². The quantitative estimate of drug-likeness (QED) is 0.759. The zero-order valence-corrected chi connectivity index (χ0v) is 10.5. The van der Waals surface area contributed by atoms with Crippen molar-refractivity contribution in [2.45, 2.75) is 6.92 Å². The van der Waals surface area contributed by atoms with Crippen LogP contribution in [0.1, 0.15) is 11.1 Å². The second-order valence-electron chi connectivity index (χ2n) is 3.68. The van der Waals surface area contributed by atoms with Gasteiger partial charge >= 0.3 is 0 Å². The van der Waals surface area contributed by atoms with Crippen molar-refractivity contribution in [3.05, 3.63) is 58.1 Å². The largest absolute Gasteiger partial charge is 0.192 e. The molecular weight excluding hydrogens is 262 g/mol. The van der Waals surface area contributed by atoms with E-state index in [-0.39, 0.29) is 0 Å². The molecule has 0 aromatic heterocycles. The molecular formula is C14H10BrN. The summed E-state index contributed by atoms with van der Waals surface area (Å²) in [6, 6.07) is 16.0. The van der Waals surface area contributed by atoms with Crippen molar-refractivity contribution in [2.75, 3.05) is 0 Å². The molecule has 0 aliphatic heterocycles. The van der Waals surface area contributed by atoms with Crippen molar-refractivity contribution in [2.24, 2.45) is 0 Å². The van der Waals surface area contributed by atoms with Gasteiger partial charge in [0.2, 0.25) is 0 Å². The van der Waals surface area contributed by atoms with Crippen LogP contribution < -0.4 is 0 Å². The van der Waals surface area contributed by atoms with E-state index in [4.69, 9.17) is 5.26 Å².